The number of rotatable bonds is 2. The minimum absolute atomic E-state index is 0.257. The van der Waals surface area contributed by atoms with E-state index in [9.17, 15) is 13.6 Å². The Morgan fingerprint density at radius 1 is 0.714 bits per heavy atom. The molecular weight excluding hydrogens is 272 g/mol. The van der Waals surface area contributed by atoms with Gasteiger partial charge in [0.25, 0.3) is 5.56 Å². The van der Waals surface area contributed by atoms with Gasteiger partial charge in [-0.25, -0.2) is 8.78 Å². The first kappa shape index (κ1) is 13.2. The van der Waals surface area contributed by atoms with E-state index in [1.54, 1.807) is 36.5 Å². The summed E-state index contributed by atoms with van der Waals surface area (Å²) in [5, 5.41) is 0. The number of H-pyrrole nitrogens is 1. The van der Waals surface area contributed by atoms with Crippen molar-refractivity contribution in [3.63, 3.8) is 0 Å². The summed E-state index contributed by atoms with van der Waals surface area (Å²) in [4.78, 5) is 14.6. The Bertz CT molecular complexity index is 821. The van der Waals surface area contributed by atoms with Gasteiger partial charge in [-0.3, -0.25) is 4.79 Å². The van der Waals surface area contributed by atoms with E-state index in [0.29, 0.717) is 11.1 Å². The summed E-state index contributed by atoms with van der Waals surface area (Å²) in [5.74, 6) is -0.674. The van der Waals surface area contributed by atoms with Crippen LogP contribution in [0.1, 0.15) is 0 Å². The zero-order valence-electron chi connectivity index (χ0n) is 10.9. The van der Waals surface area contributed by atoms with E-state index < -0.39 is 0 Å². The first-order chi connectivity index (χ1) is 10.1. The fourth-order valence-corrected chi connectivity index (χ4v) is 2.14. The minimum Gasteiger partial charge on any atom is -0.328 e. The molecule has 0 atom stereocenters. The predicted molar refractivity (Wildman–Crippen MR) is 77.9 cm³/mol. The Balaban J connectivity index is 2.10. The third kappa shape index (κ3) is 2.74. The Labute approximate surface area is 119 Å². The molecular formula is C17H11F2NO. The lowest BCUT2D eigenvalue weighted by Gasteiger charge is -2.05. The van der Waals surface area contributed by atoms with Crippen molar-refractivity contribution in [2.75, 3.05) is 0 Å². The molecule has 0 aliphatic carbocycles. The maximum Gasteiger partial charge on any atom is 0.255 e. The highest BCUT2D eigenvalue weighted by atomic mass is 19.1. The molecule has 0 bridgehead atoms. The van der Waals surface area contributed by atoms with Gasteiger partial charge in [0.05, 0.1) is 0 Å². The van der Waals surface area contributed by atoms with Crippen LogP contribution in [0.3, 0.4) is 0 Å². The second kappa shape index (κ2) is 5.32. The van der Waals surface area contributed by atoms with E-state index in [2.05, 4.69) is 4.98 Å². The molecule has 1 heterocycles. The van der Waals surface area contributed by atoms with Crippen LogP contribution in [0.5, 0.6) is 0 Å². The molecule has 1 N–H and O–H groups in total. The molecule has 3 aromatic rings. The van der Waals surface area contributed by atoms with Gasteiger partial charge in [-0.15, -0.1) is 0 Å². The van der Waals surface area contributed by atoms with Crippen LogP contribution in [-0.4, -0.2) is 4.98 Å². The maximum absolute atomic E-state index is 13.0. The number of nitrogens with one attached hydrogen (secondary N) is 1. The molecule has 4 heteroatoms. The quantitative estimate of drug-likeness (QED) is 0.758. The molecule has 0 saturated heterocycles. The lowest BCUT2D eigenvalue weighted by atomic mass is 10.0. The van der Waals surface area contributed by atoms with Gasteiger partial charge in [-0.1, -0.05) is 24.3 Å². The summed E-state index contributed by atoms with van der Waals surface area (Å²) < 4.78 is 25.9. The van der Waals surface area contributed by atoms with Gasteiger partial charge in [-0.2, -0.15) is 0 Å². The molecule has 3 rings (SSSR count). The number of hydrogen-bond acceptors (Lipinski definition) is 1. The van der Waals surface area contributed by atoms with E-state index >= 15 is 0 Å². The molecule has 0 amide bonds. The Morgan fingerprint density at radius 3 is 1.81 bits per heavy atom. The Morgan fingerprint density at radius 2 is 1.24 bits per heavy atom. The van der Waals surface area contributed by atoms with Gasteiger partial charge in [-0.05, 0) is 47.0 Å². The zero-order valence-corrected chi connectivity index (χ0v) is 10.9. The van der Waals surface area contributed by atoms with E-state index in [1.165, 1.54) is 24.3 Å². The predicted octanol–water partition coefficient (Wildman–Crippen LogP) is 3.99. The molecule has 0 fully saturated rings. The third-order valence-electron chi connectivity index (χ3n) is 3.24. The van der Waals surface area contributed by atoms with Crippen LogP contribution in [0.25, 0.3) is 22.3 Å². The van der Waals surface area contributed by atoms with E-state index in [4.69, 9.17) is 0 Å². The SMILES string of the molecule is O=c1[nH]cc(-c2ccc(F)cc2)cc1-c1ccc(F)cc1. The van der Waals surface area contributed by atoms with Gasteiger partial charge >= 0.3 is 0 Å². The number of pyridine rings is 1. The molecule has 2 nitrogen and oxygen atoms in total. The van der Waals surface area contributed by atoms with E-state index in [0.717, 1.165) is 11.1 Å². The summed E-state index contributed by atoms with van der Waals surface area (Å²) >= 11 is 0. The molecule has 104 valence electrons. The van der Waals surface area contributed by atoms with Crippen LogP contribution >= 0.6 is 0 Å². The van der Waals surface area contributed by atoms with Crippen LogP contribution in [0, 0.1) is 11.6 Å². The topological polar surface area (TPSA) is 32.9 Å². The van der Waals surface area contributed by atoms with Crippen molar-refractivity contribution < 1.29 is 8.78 Å². The summed E-state index contributed by atoms with van der Waals surface area (Å²) in [6.07, 6.45) is 1.57. The van der Waals surface area contributed by atoms with Crippen LogP contribution in [-0.2, 0) is 0 Å². The number of benzene rings is 2. The van der Waals surface area contributed by atoms with Crippen molar-refractivity contribution in [1.29, 1.82) is 0 Å². The van der Waals surface area contributed by atoms with Gasteiger partial charge in [0.2, 0.25) is 0 Å². The summed E-state index contributed by atoms with van der Waals surface area (Å²) in [6.45, 7) is 0. The van der Waals surface area contributed by atoms with Crippen molar-refractivity contribution in [2.45, 2.75) is 0 Å². The number of aromatic nitrogens is 1. The van der Waals surface area contributed by atoms with Crippen molar-refractivity contribution in [3.05, 3.63) is 82.8 Å². The first-order valence-electron chi connectivity index (χ1n) is 6.38. The van der Waals surface area contributed by atoms with Crippen molar-refractivity contribution in [3.8, 4) is 22.3 Å². The monoisotopic (exact) mass is 283 g/mol. The van der Waals surface area contributed by atoms with Gasteiger partial charge in [0.1, 0.15) is 11.6 Å². The average molecular weight is 283 g/mol. The van der Waals surface area contributed by atoms with Gasteiger partial charge in [0.15, 0.2) is 0 Å². The Kier molecular flexibility index (Phi) is 3.36. The second-order valence-electron chi connectivity index (χ2n) is 4.64. The summed E-state index contributed by atoms with van der Waals surface area (Å²) in [6, 6.07) is 13.4. The Hall–Kier alpha value is -2.75. The highest BCUT2D eigenvalue weighted by Crippen LogP contribution is 2.23. The molecule has 0 aliphatic heterocycles. The van der Waals surface area contributed by atoms with Crippen molar-refractivity contribution >= 4 is 0 Å². The molecule has 1 aromatic heterocycles. The third-order valence-corrected chi connectivity index (χ3v) is 3.24. The number of hydrogen-bond donors (Lipinski definition) is 1. The minimum atomic E-state index is -0.357. The van der Waals surface area contributed by atoms with Crippen LogP contribution in [0.15, 0.2) is 65.6 Å². The van der Waals surface area contributed by atoms with Crippen LogP contribution < -0.4 is 5.56 Å². The molecule has 0 aliphatic rings. The lowest BCUT2D eigenvalue weighted by molar-refractivity contribution is 0.627. The first-order valence-corrected chi connectivity index (χ1v) is 6.38. The zero-order chi connectivity index (χ0) is 14.8. The standard InChI is InChI=1S/C17H11F2NO/c18-14-5-1-11(2-6-14)13-9-16(17(21)20-10-13)12-3-7-15(19)8-4-12/h1-10H,(H,20,21). The second-order valence-corrected chi connectivity index (χ2v) is 4.64. The van der Waals surface area contributed by atoms with E-state index in [-0.39, 0.29) is 17.2 Å². The largest absolute Gasteiger partial charge is 0.328 e. The fourth-order valence-electron chi connectivity index (χ4n) is 2.14. The molecule has 0 saturated carbocycles. The molecule has 0 radical (unpaired) electrons. The molecule has 0 unspecified atom stereocenters. The highest BCUT2D eigenvalue weighted by molar-refractivity contribution is 5.71. The average Bonchev–Trinajstić information content (AvgIpc) is 2.50. The normalized spacial score (nSPS) is 10.6. The van der Waals surface area contributed by atoms with Crippen LogP contribution in [0.4, 0.5) is 8.78 Å². The van der Waals surface area contributed by atoms with Gasteiger partial charge in [0, 0.05) is 11.8 Å². The van der Waals surface area contributed by atoms with E-state index in [1.807, 2.05) is 0 Å². The fraction of sp³-hybridized carbons (Fsp3) is 0. The number of halogens is 2. The molecule has 2 aromatic carbocycles. The van der Waals surface area contributed by atoms with Gasteiger partial charge < -0.3 is 4.98 Å². The highest BCUT2D eigenvalue weighted by Gasteiger charge is 2.06. The van der Waals surface area contributed by atoms with Crippen LogP contribution in [0.2, 0.25) is 0 Å². The number of aromatic amines is 1. The smallest absolute Gasteiger partial charge is 0.255 e. The van der Waals surface area contributed by atoms with Crippen molar-refractivity contribution in [1.82, 2.24) is 4.98 Å². The summed E-state index contributed by atoms with van der Waals surface area (Å²) in [7, 11) is 0. The maximum atomic E-state index is 13.0. The lowest BCUT2D eigenvalue weighted by Crippen LogP contribution is -2.08. The van der Waals surface area contributed by atoms with Crippen molar-refractivity contribution in [2.24, 2.45) is 0 Å². The molecule has 0 spiro atoms. The molecule has 21 heavy (non-hydrogen) atoms. The summed E-state index contributed by atoms with van der Waals surface area (Å²) in [5.41, 5.74) is 2.36.